The lowest BCUT2D eigenvalue weighted by atomic mass is 10.0. The standard InChI is InChI=1S/C14H19BrN2O2/c1-17(14(18)12-5-3-4-8-16-12)10-6-7-13(19-2)11(15)9-10/h6-7,9,12,16H,3-5,8H2,1-2H3. The summed E-state index contributed by atoms with van der Waals surface area (Å²) < 4.78 is 6.04. The fourth-order valence-electron chi connectivity index (χ4n) is 2.29. The summed E-state index contributed by atoms with van der Waals surface area (Å²) in [5, 5.41) is 3.28. The van der Waals surface area contributed by atoms with Crippen LogP contribution in [0.3, 0.4) is 0 Å². The van der Waals surface area contributed by atoms with Crippen LogP contribution in [-0.4, -0.2) is 32.7 Å². The number of nitrogens with one attached hydrogen (secondary N) is 1. The fraction of sp³-hybridized carbons (Fsp3) is 0.500. The minimum Gasteiger partial charge on any atom is -0.496 e. The van der Waals surface area contributed by atoms with Gasteiger partial charge in [-0.15, -0.1) is 0 Å². The normalized spacial score (nSPS) is 19.0. The van der Waals surface area contributed by atoms with Crippen LogP contribution in [0.2, 0.25) is 0 Å². The maximum Gasteiger partial charge on any atom is 0.243 e. The molecule has 5 heteroatoms. The fourth-order valence-corrected chi connectivity index (χ4v) is 2.82. The Morgan fingerprint density at radius 3 is 2.84 bits per heavy atom. The zero-order valence-corrected chi connectivity index (χ0v) is 12.9. The summed E-state index contributed by atoms with van der Waals surface area (Å²) >= 11 is 3.44. The molecule has 1 aliphatic rings. The molecule has 1 heterocycles. The Bertz CT molecular complexity index is 459. The van der Waals surface area contributed by atoms with Crippen molar-refractivity contribution in [1.82, 2.24) is 5.32 Å². The van der Waals surface area contributed by atoms with Crippen molar-refractivity contribution >= 4 is 27.5 Å². The molecule has 2 rings (SSSR count). The van der Waals surface area contributed by atoms with Gasteiger partial charge in [0, 0.05) is 12.7 Å². The number of hydrogen-bond acceptors (Lipinski definition) is 3. The molecule has 1 amide bonds. The molecular weight excluding hydrogens is 308 g/mol. The quantitative estimate of drug-likeness (QED) is 0.928. The lowest BCUT2D eigenvalue weighted by molar-refractivity contribution is -0.120. The molecule has 0 bridgehead atoms. The van der Waals surface area contributed by atoms with Crippen LogP contribution in [0, 0.1) is 0 Å². The number of anilines is 1. The van der Waals surface area contributed by atoms with Gasteiger partial charge in [0.15, 0.2) is 0 Å². The molecule has 1 unspecified atom stereocenters. The summed E-state index contributed by atoms with van der Waals surface area (Å²) in [5.41, 5.74) is 0.866. The third kappa shape index (κ3) is 3.28. The Hall–Kier alpha value is -1.07. The van der Waals surface area contributed by atoms with E-state index in [1.165, 1.54) is 0 Å². The number of carbonyl (C=O) groups excluding carboxylic acids is 1. The van der Waals surface area contributed by atoms with E-state index >= 15 is 0 Å². The van der Waals surface area contributed by atoms with Gasteiger partial charge in [-0.2, -0.15) is 0 Å². The molecule has 0 radical (unpaired) electrons. The SMILES string of the molecule is COc1ccc(N(C)C(=O)C2CCCCN2)cc1Br. The van der Waals surface area contributed by atoms with E-state index < -0.39 is 0 Å². The van der Waals surface area contributed by atoms with Gasteiger partial charge in [0.1, 0.15) is 5.75 Å². The molecule has 1 atom stereocenters. The number of likely N-dealkylation sites (N-methyl/N-ethyl adjacent to an activating group) is 1. The van der Waals surface area contributed by atoms with E-state index in [4.69, 9.17) is 4.74 Å². The second-order valence-corrected chi connectivity index (χ2v) is 5.57. The minimum absolute atomic E-state index is 0.0559. The van der Waals surface area contributed by atoms with E-state index in [0.29, 0.717) is 0 Å². The van der Waals surface area contributed by atoms with Crippen LogP contribution in [-0.2, 0) is 4.79 Å². The van der Waals surface area contributed by atoms with Gasteiger partial charge in [0.05, 0.1) is 17.6 Å². The third-order valence-corrected chi connectivity index (χ3v) is 4.08. The Morgan fingerprint density at radius 2 is 2.26 bits per heavy atom. The van der Waals surface area contributed by atoms with E-state index in [1.807, 2.05) is 25.2 Å². The number of ether oxygens (including phenoxy) is 1. The van der Waals surface area contributed by atoms with Crippen molar-refractivity contribution < 1.29 is 9.53 Å². The van der Waals surface area contributed by atoms with Crippen LogP contribution in [0.4, 0.5) is 5.69 Å². The van der Waals surface area contributed by atoms with Gasteiger partial charge >= 0.3 is 0 Å². The summed E-state index contributed by atoms with van der Waals surface area (Å²) in [5.74, 6) is 0.886. The van der Waals surface area contributed by atoms with E-state index in [2.05, 4.69) is 21.2 Å². The summed E-state index contributed by atoms with van der Waals surface area (Å²) in [6, 6.07) is 5.60. The van der Waals surface area contributed by atoms with E-state index in [9.17, 15) is 4.79 Å². The molecule has 0 aromatic heterocycles. The molecule has 0 saturated carbocycles. The van der Waals surface area contributed by atoms with Crippen molar-refractivity contribution in [2.24, 2.45) is 0 Å². The first kappa shape index (κ1) is 14.3. The highest BCUT2D eigenvalue weighted by Crippen LogP contribution is 2.29. The molecule has 19 heavy (non-hydrogen) atoms. The van der Waals surface area contributed by atoms with Crippen molar-refractivity contribution in [1.29, 1.82) is 0 Å². The predicted octanol–water partition coefficient (Wildman–Crippen LogP) is 2.56. The molecule has 0 aliphatic carbocycles. The first-order chi connectivity index (χ1) is 9.13. The van der Waals surface area contributed by atoms with Crippen molar-refractivity contribution in [2.75, 3.05) is 25.6 Å². The van der Waals surface area contributed by atoms with Gasteiger partial charge in [-0.25, -0.2) is 0 Å². The Kier molecular flexibility index (Phi) is 4.82. The average molecular weight is 327 g/mol. The van der Waals surface area contributed by atoms with Crippen LogP contribution in [0.1, 0.15) is 19.3 Å². The Labute approximate surface area is 122 Å². The maximum atomic E-state index is 12.4. The number of hydrogen-bond donors (Lipinski definition) is 1. The largest absolute Gasteiger partial charge is 0.496 e. The second-order valence-electron chi connectivity index (χ2n) is 4.72. The summed E-state index contributed by atoms with van der Waals surface area (Å²) in [6.45, 7) is 0.927. The molecule has 1 N–H and O–H groups in total. The van der Waals surface area contributed by atoms with Gasteiger partial charge < -0.3 is 15.0 Å². The van der Waals surface area contributed by atoms with Crippen LogP contribution in [0.25, 0.3) is 0 Å². The highest BCUT2D eigenvalue weighted by Gasteiger charge is 2.24. The second kappa shape index (κ2) is 6.39. The number of nitrogens with zero attached hydrogens (tertiary/aromatic N) is 1. The van der Waals surface area contributed by atoms with Crippen LogP contribution in [0.5, 0.6) is 5.75 Å². The topological polar surface area (TPSA) is 41.6 Å². The summed E-state index contributed by atoms with van der Waals surface area (Å²) in [4.78, 5) is 14.1. The molecular formula is C14H19BrN2O2. The summed E-state index contributed by atoms with van der Waals surface area (Å²) in [6.07, 6.45) is 3.19. The van der Waals surface area contributed by atoms with Gasteiger partial charge in [-0.1, -0.05) is 6.42 Å². The molecule has 1 saturated heterocycles. The van der Waals surface area contributed by atoms with Crippen molar-refractivity contribution in [3.05, 3.63) is 22.7 Å². The number of amides is 1. The van der Waals surface area contributed by atoms with Crippen molar-refractivity contribution in [3.63, 3.8) is 0 Å². The van der Waals surface area contributed by atoms with Crippen molar-refractivity contribution in [2.45, 2.75) is 25.3 Å². The third-order valence-electron chi connectivity index (χ3n) is 3.46. The molecule has 1 aliphatic heterocycles. The molecule has 1 aromatic carbocycles. The number of carbonyl (C=O) groups is 1. The van der Waals surface area contributed by atoms with Crippen LogP contribution in [0.15, 0.2) is 22.7 Å². The molecule has 1 fully saturated rings. The molecule has 1 aromatic rings. The first-order valence-corrected chi connectivity index (χ1v) is 7.27. The molecule has 104 valence electrons. The lowest BCUT2D eigenvalue weighted by Crippen LogP contribution is -2.47. The number of methoxy groups -OCH3 is 1. The maximum absolute atomic E-state index is 12.4. The zero-order chi connectivity index (χ0) is 13.8. The van der Waals surface area contributed by atoms with Crippen molar-refractivity contribution in [3.8, 4) is 5.75 Å². The van der Waals surface area contributed by atoms with E-state index in [-0.39, 0.29) is 11.9 Å². The zero-order valence-electron chi connectivity index (χ0n) is 11.3. The molecule has 4 nitrogen and oxygen atoms in total. The minimum atomic E-state index is -0.0559. The highest BCUT2D eigenvalue weighted by atomic mass is 79.9. The Balaban J connectivity index is 2.11. The van der Waals surface area contributed by atoms with Crippen LogP contribution < -0.4 is 15.0 Å². The van der Waals surface area contributed by atoms with Gasteiger partial charge in [-0.05, 0) is 53.5 Å². The number of rotatable bonds is 3. The van der Waals surface area contributed by atoms with Gasteiger partial charge in [0.2, 0.25) is 5.91 Å². The number of piperidine rings is 1. The predicted molar refractivity (Wildman–Crippen MR) is 79.7 cm³/mol. The number of halogens is 1. The van der Waals surface area contributed by atoms with Crippen LogP contribution >= 0.6 is 15.9 Å². The highest BCUT2D eigenvalue weighted by molar-refractivity contribution is 9.10. The Morgan fingerprint density at radius 1 is 1.47 bits per heavy atom. The summed E-state index contributed by atoms with van der Waals surface area (Å²) in [7, 11) is 3.44. The van der Waals surface area contributed by atoms with Gasteiger partial charge in [-0.3, -0.25) is 4.79 Å². The smallest absolute Gasteiger partial charge is 0.243 e. The number of benzene rings is 1. The van der Waals surface area contributed by atoms with E-state index in [1.54, 1.807) is 12.0 Å². The van der Waals surface area contributed by atoms with Gasteiger partial charge in [0.25, 0.3) is 0 Å². The average Bonchev–Trinajstić information content (AvgIpc) is 2.46. The first-order valence-electron chi connectivity index (χ1n) is 6.48. The lowest BCUT2D eigenvalue weighted by Gasteiger charge is -2.27. The monoisotopic (exact) mass is 326 g/mol. The van der Waals surface area contributed by atoms with E-state index in [0.717, 1.165) is 41.7 Å². The molecule has 0 spiro atoms.